The second-order valence-electron chi connectivity index (χ2n) is 9.71. The number of piperidine rings is 1. The van der Waals surface area contributed by atoms with Crippen molar-refractivity contribution < 1.29 is 4.74 Å². The van der Waals surface area contributed by atoms with Crippen molar-refractivity contribution in [3.05, 3.63) is 28.7 Å². The molecule has 1 aliphatic heterocycles. The molecular formula is C23H36N6O2S. The van der Waals surface area contributed by atoms with Crippen LogP contribution in [0.3, 0.4) is 0 Å². The molecule has 1 aliphatic carbocycles. The zero-order chi connectivity index (χ0) is 22.7. The molecule has 3 heterocycles. The van der Waals surface area contributed by atoms with Gasteiger partial charge in [-0.2, -0.15) is 4.98 Å². The summed E-state index contributed by atoms with van der Waals surface area (Å²) in [5.74, 6) is 1.11. The summed E-state index contributed by atoms with van der Waals surface area (Å²) in [5.41, 5.74) is 0.624. The standard InChI is InChI=1S/C23H36N6O2S/c1-16-6-5-7-19(16)29-20(30)9-8-17-14-24-22(27-21(17)29)26-18-10-12-28(13-11-18)32-25-15-23(2,3)31-4/h8-9,14,16,18-19,25H,5-7,10-13,15H2,1-4H3,(H,24,26,27). The van der Waals surface area contributed by atoms with Gasteiger partial charge in [0.1, 0.15) is 5.65 Å². The molecule has 1 saturated heterocycles. The van der Waals surface area contributed by atoms with Gasteiger partial charge in [0.25, 0.3) is 5.56 Å². The lowest BCUT2D eigenvalue weighted by Crippen LogP contribution is -2.40. The van der Waals surface area contributed by atoms with Crippen molar-refractivity contribution in [3.63, 3.8) is 0 Å². The first-order valence-electron chi connectivity index (χ1n) is 11.7. The first kappa shape index (κ1) is 23.5. The molecule has 2 aromatic rings. The number of nitrogens with one attached hydrogen (secondary N) is 2. The normalized spacial score (nSPS) is 23.1. The molecule has 8 nitrogen and oxygen atoms in total. The summed E-state index contributed by atoms with van der Waals surface area (Å²) < 4.78 is 13.1. The minimum absolute atomic E-state index is 0.0374. The van der Waals surface area contributed by atoms with Gasteiger partial charge in [0, 0.05) is 68.6 Å². The number of pyridine rings is 1. The number of anilines is 1. The summed E-state index contributed by atoms with van der Waals surface area (Å²) in [5, 5.41) is 4.44. The minimum Gasteiger partial charge on any atom is -0.377 e. The molecule has 1 saturated carbocycles. The topological polar surface area (TPSA) is 84.3 Å². The molecule has 176 valence electrons. The predicted molar refractivity (Wildman–Crippen MR) is 131 cm³/mol. The van der Waals surface area contributed by atoms with Gasteiger partial charge in [-0.05, 0) is 51.5 Å². The highest BCUT2D eigenvalue weighted by Crippen LogP contribution is 2.35. The number of hydrogen-bond donors (Lipinski definition) is 2. The number of ether oxygens (including phenoxy) is 1. The average molecular weight is 461 g/mol. The summed E-state index contributed by atoms with van der Waals surface area (Å²) >= 11 is 1.67. The molecule has 2 unspecified atom stereocenters. The fraction of sp³-hybridized carbons (Fsp3) is 0.696. The van der Waals surface area contributed by atoms with Crippen LogP contribution in [0.15, 0.2) is 23.1 Å². The summed E-state index contributed by atoms with van der Waals surface area (Å²) in [7, 11) is 1.74. The number of aromatic nitrogens is 3. The number of hydrogen-bond acceptors (Lipinski definition) is 8. The van der Waals surface area contributed by atoms with E-state index in [0.29, 0.717) is 17.9 Å². The maximum atomic E-state index is 12.7. The van der Waals surface area contributed by atoms with Crippen LogP contribution in [0.2, 0.25) is 0 Å². The van der Waals surface area contributed by atoms with Crippen LogP contribution in [-0.2, 0) is 4.74 Å². The molecule has 0 aromatic carbocycles. The maximum absolute atomic E-state index is 12.7. The lowest BCUT2D eigenvalue weighted by atomic mass is 10.1. The second-order valence-corrected chi connectivity index (χ2v) is 10.7. The third kappa shape index (κ3) is 5.44. The highest BCUT2D eigenvalue weighted by molar-refractivity contribution is 7.95. The number of fused-ring (bicyclic) bond motifs is 1. The predicted octanol–water partition coefficient (Wildman–Crippen LogP) is 3.61. The van der Waals surface area contributed by atoms with Crippen LogP contribution in [0.4, 0.5) is 5.95 Å². The van der Waals surface area contributed by atoms with E-state index in [1.807, 2.05) is 16.8 Å². The van der Waals surface area contributed by atoms with Gasteiger partial charge in [-0.3, -0.25) is 9.36 Å². The van der Waals surface area contributed by atoms with E-state index in [-0.39, 0.29) is 17.2 Å². The van der Waals surface area contributed by atoms with Crippen molar-refractivity contribution in [1.29, 1.82) is 0 Å². The summed E-state index contributed by atoms with van der Waals surface area (Å²) in [4.78, 5) is 22.1. The largest absolute Gasteiger partial charge is 0.377 e. The molecule has 4 rings (SSSR count). The lowest BCUT2D eigenvalue weighted by molar-refractivity contribution is 0.0280. The first-order valence-corrected chi connectivity index (χ1v) is 12.5. The quantitative estimate of drug-likeness (QED) is 0.578. The van der Waals surface area contributed by atoms with E-state index in [2.05, 4.69) is 40.1 Å². The van der Waals surface area contributed by atoms with Gasteiger partial charge >= 0.3 is 0 Å². The molecule has 2 atom stereocenters. The fourth-order valence-corrected chi connectivity index (χ4v) is 5.57. The second kappa shape index (κ2) is 10.1. The van der Waals surface area contributed by atoms with E-state index in [0.717, 1.165) is 56.4 Å². The highest BCUT2D eigenvalue weighted by Gasteiger charge is 2.28. The number of nitrogens with zero attached hydrogens (tertiary/aromatic N) is 4. The zero-order valence-corrected chi connectivity index (χ0v) is 20.5. The van der Waals surface area contributed by atoms with Crippen LogP contribution in [0.1, 0.15) is 58.9 Å². The third-order valence-electron chi connectivity index (χ3n) is 6.85. The van der Waals surface area contributed by atoms with Gasteiger partial charge in [-0.15, -0.1) is 0 Å². The van der Waals surface area contributed by atoms with Crippen molar-refractivity contribution in [2.24, 2.45) is 5.92 Å². The van der Waals surface area contributed by atoms with Gasteiger partial charge in [0.05, 0.1) is 5.60 Å². The third-order valence-corrected chi connectivity index (χ3v) is 7.74. The van der Waals surface area contributed by atoms with E-state index >= 15 is 0 Å². The summed E-state index contributed by atoms with van der Waals surface area (Å²) in [6, 6.07) is 4.04. The van der Waals surface area contributed by atoms with E-state index in [1.165, 1.54) is 6.42 Å². The van der Waals surface area contributed by atoms with Crippen LogP contribution in [0.25, 0.3) is 11.0 Å². The van der Waals surface area contributed by atoms with Crippen LogP contribution in [0, 0.1) is 5.92 Å². The van der Waals surface area contributed by atoms with Gasteiger partial charge < -0.3 is 10.1 Å². The molecule has 0 bridgehead atoms. The van der Waals surface area contributed by atoms with Crippen LogP contribution >= 0.6 is 12.1 Å². The molecule has 0 radical (unpaired) electrons. The highest BCUT2D eigenvalue weighted by atomic mass is 32.2. The van der Waals surface area contributed by atoms with Gasteiger partial charge in [-0.1, -0.05) is 13.3 Å². The Morgan fingerprint density at radius 3 is 2.69 bits per heavy atom. The van der Waals surface area contributed by atoms with Crippen molar-refractivity contribution in [3.8, 4) is 0 Å². The Bertz CT molecular complexity index is 973. The van der Waals surface area contributed by atoms with Gasteiger partial charge in [0.15, 0.2) is 0 Å². The van der Waals surface area contributed by atoms with Crippen LogP contribution < -0.4 is 15.6 Å². The molecule has 2 fully saturated rings. The smallest absolute Gasteiger partial charge is 0.252 e. The Morgan fingerprint density at radius 1 is 1.22 bits per heavy atom. The number of methoxy groups -OCH3 is 1. The van der Waals surface area contributed by atoms with E-state index in [4.69, 9.17) is 9.72 Å². The molecule has 0 spiro atoms. The Balaban J connectivity index is 1.38. The molecule has 32 heavy (non-hydrogen) atoms. The van der Waals surface area contributed by atoms with Gasteiger partial charge in [0.2, 0.25) is 5.95 Å². The van der Waals surface area contributed by atoms with Crippen LogP contribution in [-0.4, -0.2) is 57.2 Å². The van der Waals surface area contributed by atoms with Crippen molar-refractivity contribution in [2.45, 2.75) is 70.6 Å². The molecular weight excluding hydrogens is 424 g/mol. The summed E-state index contributed by atoms with van der Waals surface area (Å²) in [6.07, 6.45) is 7.25. The van der Waals surface area contributed by atoms with Crippen molar-refractivity contribution >= 4 is 29.1 Å². The van der Waals surface area contributed by atoms with E-state index in [9.17, 15) is 4.79 Å². The Labute approximate surface area is 194 Å². The lowest BCUT2D eigenvalue weighted by Gasteiger charge is -2.32. The SMILES string of the molecule is COC(C)(C)CNSN1CCC(Nc2ncc3ccc(=O)n(C4CCCC4C)c3n2)CC1. The average Bonchev–Trinajstić information content (AvgIpc) is 3.20. The van der Waals surface area contributed by atoms with Gasteiger partial charge in [-0.25, -0.2) is 14.0 Å². The molecule has 2 aliphatic rings. The van der Waals surface area contributed by atoms with E-state index < -0.39 is 0 Å². The zero-order valence-electron chi connectivity index (χ0n) is 19.6. The first-order chi connectivity index (χ1) is 15.4. The minimum atomic E-state index is -0.169. The summed E-state index contributed by atoms with van der Waals surface area (Å²) in [6.45, 7) is 9.15. The Hall–Kier alpha value is -1.68. The number of rotatable bonds is 8. The molecule has 9 heteroatoms. The van der Waals surface area contributed by atoms with E-state index in [1.54, 1.807) is 25.3 Å². The Morgan fingerprint density at radius 2 is 2.00 bits per heavy atom. The van der Waals surface area contributed by atoms with Crippen LogP contribution in [0.5, 0.6) is 0 Å². The molecule has 2 aromatic heterocycles. The van der Waals surface area contributed by atoms with Crippen molar-refractivity contribution in [2.75, 3.05) is 32.1 Å². The molecule has 2 N–H and O–H groups in total. The monoisotopic (exact) mass is 460 g/mol. The van der Waals surface area contributed by atoms with Crippen molar-refractivity contribution in [1.82, 2.24) is 23.6 Å². The molecule has 0 amide bonds. The maximum Gasteiger partial charge on any atom is 0.252 e. The Kier molecular flexibility index (Phi) is 7.39. The fourth-order valence-electron chi connectivity index (χ4n) is 4.58.